The van der Waals surface area contributed by atoms with Crippen molar-refractivity contribution in [1.29, 1.82) is 0 Å². The van der Waals surface area contributed by atoms with Gasteiger partial charge in [0.25, 0.3) is 0 Å². The minimum atomic E-state index is -4.74. The lowest BCUT2D eigenvalue weighted by atomic mass is 9.95. The number of halogens is 3. The van der Waals surface area contributed by atoms with Gasteiger partial charge in [0.05, 0.1) is 6.04 Å². The topological polar surface area (TPSA) is 54.0 Å². The normalized spacial score (nSPS) is 15.7. The molecule has 0 bridgehead atoms. The van der Waals surface area contributed by atoms with Crippen molar-refractivity contribution in [3.63, 3.8) is 0 Å². The van der Waals surface area contributed by atoms with Crippen LogP contribution in [-0.2, 0) is 6.61 Å². The quantitative estimate of drug-likeness (QED) is 0.530. The Kier molecular flexibility index (Phi) is 7.05. The van der Waals surface area contributed by atoms with Crippen LogP contribution in [-0.4, -0.2) is 42.5 Å². The van der Waals surface area contributed by atoms with Gasteiger partial charge in [-0.05, 0) is 35.4 Å². The Labute approximate surface area is 190 Å². The average molecular weight is 458 g/mol. The summed E-state index contributed by atoms with van der Waals surface area (Å²) in [6, 6.07) is 20.4. The number of nitrogens with zero attached hydrogens (tertiary/aromatic N) is 1. The largest absolute Gasteiger partial charge is 0.573 e. The third-order valence-electron chi connectivity index (χ3n) is 5.49. The summed E-state index contributed by atoms with van der Waals surface area (Å²) >= 11 is 0. The van der Waals surface area contributed by atoms with Crippen molar-refractivity contribution >= 4 is 0 Å². The number of benzene rings is 3. The van der Waals surface area contributed by atoms with Crippen LogP contribution in [0.15, 0.2) is 72.8 Å². The van der Waals surface area contributed by atoms with E-state index in [-0.39, 0.29) is 17.5 Å². The van der Waals surface area contributed by atoms with Crippen LogP contribution in [0.25, 0.3) is 0 Å². The number of phenolic OH excluding ortho intramolecular Hbond substituents is 1. The molecule has 1 atom stereocenters. The van der Waals surface area contributed by atoms with Gasteiger partial charge < -0.3 is 19.9 Å². The average Bonchev–Trinajstić information content (AvgIpc) is 2.81. The number of ether oxygens (including phenoxy) is 2. The summed E-state index contributed by atoms with van der Waals surface area (Å²) in [5.74, 6) is 0.326. The molecular formula is C25H25F3N2O3. The summed E-state index contributed by atoms with van der Waals surface area (Å²) in [5, 5.41) is 14.2. The van der Waals surface area contributed by atoms with Gasteiger partial charge in [-0.25, -0.2) is 0 Å². The predicted octanol–water partition coefficient (Wildman–Crippen LogP) is 4.86. The molecule has 0 aromatic heterocycles. The lowest BCUT2D eigenvalue weighted by molar-refractivity contribution is -0.274. The molecule has 0 saturated carbocycles. The van der Waals surface area contributed by atoms with Crippen LogP contribution in [0.2, 0.25) is 0 Å². The van der Waals surface area contributed by atoms with E-state index in [0.717, 1.165) is 37.3 Å². The monoisotopic (exact) mass is 458 g/mol. The lowest BCUT2D eigenvalue weighted by Gasteiger charge is -2.36. The maximum absolute atomic E-state index is 12.5. The SMILES string of the molecule is Oc1cc(OCc2ccccc2)ccc1[C@H](c1ccc(OC(F)(F)F)cc1)N1CCNCC1. The van der Waals surface area contributed by atoms with Crippen molar-refractivity contribution in [2.24, 2.45) is 0 Å². The van der Waals surface area contributed by atoms with Crippen LogP contribution in [0.5, 0.6) is 17.2 Å². The molecule has 1 fully saturated rings. The number of hydrogen-bond donors (Lipinski definition) is 2. The fourth-order valence-corrected chi connectivity index (χ4v) is 3.96. The van der Waals surface area contributed by atoms with Crippen molar-refractivity contribution in [2.45, 2.75) is 19.0 Å². The smallest absolute Gasteiger partial charge is 0.507 e. The first kappa shape index (κ1) is 22.9. The van der Waals surface area contributed by atoms with E-state index in [1.54, 1.807) is 24.3 Å². The number of alkyl halides is 3. The Morgan fingerprint density at radius 1 is 0.909 bits per heavy atom. The van der Waals surface area contributed by atoms with E-state index in [4.69, 9.17) is 4.74 Å². The van der Waals surface area contributed by atoms with Gasteiger partial charge in [0, 0.05) is 37.8 Å². The standard InChI is InChI=1S/C25H25F3N2O3/c26-25(27,28)33-20-8-6-19(7-9-20)24(30-14-12-29-13-15-30)22-11-10-21(16-23(22)31)32-17-18-4-2-1-3-5-18/h1-11,16,24,29,31H,12-15,17H2/t24-/m0/s1. The molecule has 0 radical (unpaired) electrons. The zero-order valence-corrected chi connectivity index (χ0v) is 17.9. The molecule has 8 heteroatoms. The summed E-state index contributed by atoms with van der Waals surface area (Å²) in [4.78, 5) is 2.19. The molecule has 0 aliphatic carbocycles. The van der Waals surface area contributed by atoms with Gasteiger partial charge in [-0.2, -0.15) is 0 Å². The Morgan fingerprint density at radius 2 is 1.58 bits per heavy atom. The molecule has 1 saturated heterocycles. The summed E-state index contributed by atoms with van der Waals surface area (Å²) in [6.07, 6.45) is -4.74. The number of hydrogen-bond acceptors (Lipinski definition) is 5. The molecule has 174 valence electrons. The third kappa shape index (κ3) is 6.18. The first-order chi connectivity index (χ1) is 15.9. The van der Waals surface area contributed by atoms with Gasteiger partial charge in [-0.3, -0.25) is 4.90 Å². The fraction of sp³-hybridized carbons (Fsp3) is 0.280. The second-order valence-electron chi connectivity index (χ2n) is 7.80. The van der Waals surface area contributed by atoms with Crippen LogP contribution in [0.3, 0.4) is 0 Å². The minimum Gasteiger partial charge on any atom is -0.507 e. The van der Waals surface area contributed by atoms with Gasteiger partial charge in [-0.1, -0.05) is 42.5 Å². The number of nitrogens with one attached hydrogen (secondary N) is 1. The van der Waals surface area contributed by atoms with Crippen molar-refractivity contribution in [1.82, 2.24) is 10.2 Å². The molecule has 1 heterocycles. The second kappa shape index (κ2) is 10.1. The fourth-order valence-electron chi connectivity index (χ4n) is 3.96. The first-order valence-electron chi connectivity index (χ1n) is 10.7. The van der Waals surface area contributed by atoms with E-state index < -0.39 is 6.36 Å². The molecule has 4 rings (SSSR count). The zero-order chi connectivity index (χ0) is 23.3. The molecule has 3 aromatic carbocycles. The molecule has 0 amide bonds. The molecule has 5 nitrogen and oxygen atoms in total. The van der Waals surface area contributed by atoms with Crippen molar-refractivity contribution in [3.8, 4) is 17.2 Å². The van der Waals surface area contributed by atoms with Gasteiger partial charge in [0.1, 0.15) is 23.9 Å². The zero-order valence-electron chi connectivity index (χ0n) is 17.9. The maximum Gasteiger partial charge on any atom is 0.573 e. The predicted molar refractivity (Wildman–Crippen MR) is 118 cm³/mol. The van der Waals surface area contributed by atoms with Gasteiger partial charge in [0.15, 0.2) is 0 Å². The highest BCUT2D eigenvalue weighted by atomic mass is 19.4. The van der Waals surface area contributed by atoms with E-state index in [1.807, 2.05) is 36.4 Å². The maximum atomic E-state index is 12.5. The highest BCUT2D eigenvalue weighted by Gasteiger charge is 2.31. The highest BCUT2D eigenvalue weighted by molar-refractivity contribution is 5.46. The van der Waals surface area contributed by atoms with Crippen LogP contribution in [0, 0.1) is 0 Å². The molecule has 33 heavy (non-hydrogen) atoms. The second-order valence-corrected chi connectivity index (χ2v) is 7.80. The lowest BCUT2D eigenvalue weighted by Crippen LogP contribution is -2.45. The Balaban J connectivity index is 1.58. The minimum absolute atomic E-state index is 0.0692. The van der Waals surface area contributed by atoms with Crippen LogP contribution < -0.4 is 14.8 Å². The van der Waals surface area contributed by atoms with E-state index in [0.29, 0.717) is 17.9 Å². The molecule has 0 spiro atoms. The Hall–Kier alpha value is -3.23. The number of phenols is 1. The third-order valence-corrected chi connectivity index (χ3v) is 5.49. The van der Waals surface area contributed by atoms with Gasteiger partial charge in [0.2, 0.25) is 0 Å². The summed E-state index contributed by atoms with van der Waals surface area (Å²) in [5.41, 5.74) is 2.44. The number of rotatable bonds is 7. The van der Waals surface area contributed by atoms with Crippen LogP contribution in [0.1, 0.15) is 22.7 Å². The molecule has 2 N–H and O–H groups in total. The van der Waals surface area contributed by atoms with E-state index in [2.05, 4.69) is 15.0 Å². The summed E-state index contributed by atoms with van der Waals surface area (Å²) < 4.78 is 47.4. The number of aromatic hydroxyl groups is 1. The Bertz CT molecular complexity index is 1040. The summed E-state index contributed by atoms with van der Waals surface area (Å²) in [7, 11) is 0. The molecular weight excluding hydrogens is 433 g/mol. The molecule has 1 aliphatic heterocycles. The van der Waals surface area contributed by atoms with Crippen molar-refractivity contribution in [3.05, 3.63) is 89.5 Å². The van der Waals surface area contributed by atoms with Crippen molar-refractivity contribution < 1.29 is 27.8 Å². The Morgan fingerprint density at radius 3 is 2.21 bits per heavy atom. The summed E-state index contributed by atoms with van der Waals surface area (Å²) in [6.45, 7) is 3.41. The molecule has 3 aromatic rings. The first-order valence-corrected chi connectivity index (χ1v) is 10.7. The highest BCUT2D eigenvalue weighted by Crippen LogP contribution is 2.37. The molecule has 1 aliphatic rings. The van der Waals surface area contributed by atoms with E-state index in [9.17, 15) is 18.3 Å². The van der Waals surface area contributed by atoms with Gasteiger partial charge >= 0.3 is 6.36 Å². The van der Waals surface area contributed by atoms with E-state index >= 15 is 0 Å². The number of piperazine rings is 1. The van der Waals surface area contributed by atoms with Crippen LogP contribution in [0.4, 0.5) is 13.2 Å². The van der Waals surface area contributed by atoms with E-state index in [1.165, 1.54) is 12.1 Å². The van der Waals surface area contributed by atoms with Gasteiger partial charge in [-0.15, -0.1) is 13.2 Å². The molecule has 0 unspecified atom stereocenters. The van der Waals surface area contributed by atoms with Crippen molar-refractivity contribution in [2.75, 3.05) is 26.2 Å². The van der Waals surface area contributed by atoms with Crippen LogP contribution >= 0.6 is 0 Å².